The molecule has 0 radical (unpaired) electrons. The molecule has 0 fully saturated rings. The fourth-order valence-electron chi connectivity index (χ4n) is 7.41. The lowest BCUT2D eigenvalue weighted by molar-refractivity contribution is 1.04. The van der Waals surface area contributed by atoms with Crippen molar-refractivity contribution in [2.45, 2.75) is 12.8 Å². The number of amidine groups is 1. The van der Waals surface area contributed by atoms with Gasteiger partial charge in [-0.25, -0.2) is 0 Å². The Bertz CT molecular complexity index is 2680. The molecule has 0 atom stereocenters. The van der Waals surface area contributed by atoms with Gasteiger partial charge < -0.3 is 19.4 Å². The lowest BCUT2D eigenvalue weighted by atomic mass is 9.99. The van der Waals surface area contributed by atoms with Crippen LogP contribution >= 0.6 is 0 Å². The van der Waals surface area contributed by atoms with Crippen molar-refractivity contribution in [1.82, 2.24) is 14.5 Å². The molecule has 0 bridgehead atoms. The smallest absolute Gasteiger partial charge is 0.125 e. The maximum atomic E-state index is 8.31. The van der Waals surface area contributed by atoms with Crippen molar-refractivity contribution in [3.8, 4) is 5.69 Å². The molecule has 9 rings (SSSR count). The van der Waals surface area contributed by atoms with E-state index in [9.17, 15) is 0 Å². The number of allylic oxidation sites excluding steroid dienone is 8. The second-order valence-electron chi connectivity index (χ2n) is 12.8. The van der Waals surface area contributed by atoms with Crippen LogP contribution in [0.2, 0.25) is 0 Å². The first-order valence-electron chi connectivity index (χ1n) is 17.3. The van der Waals surface area contributed by atoms with E-state index in [0.29, 0.717) is 5.84 Å². The molecule has 5 aromatic carbocycles. The Labute approximate surface area is 296 Å². The van der Waals surface area contributed by atoms with Gasteiger partial charge in [-0.05, 0) is 115 Å². The van der Waals surface area contributed by atoms with Crippen LogP contribution in [0, 0.1) is 5.41 Å². The molecule has 5 heteroatoms. The number of para-hydroxylation sites is 1. The van der Waals surface area contributed by atoms with Crippen LogP contribution in [0.5, 0.6) is 0 Å². The molecule has 0 unspecified atom stereocenters. The third-order valence-corrected chi connectivity index (χ3v) is 9.89. The maximum absolute atomic E-state index is 8.31. The molecule has 0 saturated heterocycles. The number of anilines is 3. The van der Waals surface area contributed by atoms with E-state index in [-0.39, 0.29) is 0 Å². The molecule has 0 spiro atoms. The first kappa shape index (κ1) is 30.3. The number of nitrogens with zero attached hydrogens (tertiary/aromatic N) is 3. The van der Waals surface area contributed by atoms with Crippen LogP contribution in [-0.4, -0.2) is 22.0 Å². The second kappa shape index (κ2) is 12.6. The van der Waals surface area contributed by atoms with Gasteiger partial charge in [-0.3, -0.25) is 5.41 Å². The van der Waals surface area contributed by atoms with Gasteiger partial charge in [0, 0.05) is 63.8 Å². The van der Waals surface area contributed by atoms with Gasteiger partial charge in [0.05, 0.1) is 22.2 Å². The van der Waals surface area contributed by atoms with Crippen molar-refractivity contribution in [3.05, 3.63) is 181 Å². The molecular formula is C46H35N5. The van der Waals surface area contributed by atoms with E-state index >= 15 is 0 Å². The van der Waals surface area contributed by atoms with Crippen LogP contribution in [0.25, 0.3) is 49.7 Å². The number of rotatable bonds is 7. The number of fused-ring (bicyclic) bond motifs is 5. The summed E-state index contributed by atoms with van der Waals surface area (Å²) in [5.74, 6) is 0.394. The van der Waals surface area contributed by atoms with Crippen LogP contribution in [0.3, 0.4) is 0 Å². The highest BCUT2D eigenvalue weighted by molar-refractivity contribution is 6.19. The maximum Gasteiger partial charge on any atom is 0.125 e. The van der Waals surface area contributed by atoms with E-state index < -0.39 is 0 Å². The second-order valence-corrected chi connectivity index (χ2v) is 12.8. The molecule has 5 nitrogen and oxygen atoms in total. The summed E-state index contributed by atoms with van der Waals surface area (Å²) in [6.45, 7) is 0. The third-order valence-electron chi connectivity index (χ3n) is 9.89. The van der Waals surface area contributed by atoms with Crippen molar-refractivity contribution in [3.63, 3.8) is 0 Å². The molecule has 2 aromatic heterocycles. The van der Waals surface area contributed by atoms with Crippen molar-refractivity contribution >= 4 is 66.9 Å². The van der Waals surface area contributed by atoms with Crippen LogP contribution < -0.4 is 10.2 Å². The Hall–Kier alpha value is -6.77. The van der Waals surface area contributed by atoms with Gasteiger partial charge in [-0.15, -0.1) is 0 Å². The Balaban J connectivity index is 1.25. The minimum Gasteiger partial charge on any atom is -0.373 e. The Morgan fingerprint density at radius 3 is 2.24 bits per heavy atom. The lowest BCUT2D eigenvalue weighted by Crippen LogP contribution is -2.18. The minimum atomic E-state index is 0.394. The molecule has 244 valence electrons. The Kier molecular flexibility index (Phi) is 7.48. The minimum absolute atomic E-state index is 0.394. The van der Waals surface area contributed by atoms with Gasteiger partial charge in [0.1, 0.15) is 5.84 Å². The predicted octanol–water partition coefficient (Wildman–Crippen LogP) is 11.2. The van der Waals surface area contributed by atoms with Gasteiger partial charge >= 0.3 is 0 Å². The van der Waals surface area contributed by atoms with Crippen LogP contribution in [-0.2, 0) is 0 Å². The fourth-order valence-corrected chi connectivity index (χ4v) is 7.41. The molecule has 2 N–H and O–H groups in total. The molecule has 2 aliphatic carbocycles. The first-order valence-corrected chi connectivity index (χ1v) is 17.3. The average Bonchev–Trinajstić information content (AvgIpc) is 3.79. The summed E-state index contributed by atoms with van der Waals surface area (Å²) in [6, 6.07) is 41.3. The number of benzene rings is 5. The van der Waals surface area contributed by atoms with Gasteiger partial charge in [0.2, 0.25) is 0 Å². The normalized spacial score (nSPS) is 13.6. The van der Waals surface area contributed by atoms with E-state index in [1.807, 2.05) is 24.3 Å². The predicted molar refractivity (Wildman–Crippen MR) is 214 cm³/mol. The van der Waals surface area contributed by atoms with Crippen LogP contribution in [0.4, 0.5) is 17.1 Å². The number of aromatic nitrogens is 2. The van der Waals surface area contributed by atoms with E-state index in [2.05, 4.69) is 164 Å². The molecule has 2 heterocycles. The van der Waals surface area contributed by atoms with Crippen molar-refractivity contribution in [2.75, 3.05) is 11.9 Å². The molecule has 2 aliphatic rings. The van der Waals surface area contributed by atoms with Crippen molar-refractivity contribution in [2.24, 2.45) is 0 Å². The molecule has 0 amide bonds. The highest BCUT2D eigenvalue weighted by Crippen LogP contribution is 2.42. The third kappa shape index (κ3) is 5.26. The molecule has 0 aliphatic heterocycles. The Morgan fingerprint density at radius 2 is 1.51 bits per heavy atom. The number of nitrogens with one attached hydrogen (secondary N) is 2. The van der Waals surface area contributed by atoms with Crippen molar-refractivity contribution in [1.29, 1.82) is 5.41 Å². The van der Waals surface area contributed by atoms with Gasteiger partial charge in [0.25, 0.3) is 0 Å². The van der Waals surface area contributed by atoms with Crippen LogP contribution in [0.1, 0.15) is 24.0 Å². The van der Waals surface area contributed by atoms with E-state index in [0.717, 1.165) is 57.9 Å². The summed E-state index contributed by atoms with van der Waals surface area (Å²) in [6.07, 6.45) is 17.1. The van der Waals surface area contributed by atoms with Gasteiger partial charge in [0.15, 0.2) is 0 Å². The monoisotopic (exact) mass is 657 g/mol. The lowest BCUT2D eigenvalue weighted by Gasteiger charge is -2.26. The summed E-state index contributed by atoms with van der Waals surface area (Å²) in [5.41, 5.74) is 18.3. The quantitative estimate of drug-likeness (QED) is 0.102. The van der Waals surface area contributed by atoms with Gasteiger partial charge in [-0.2, -0.15) is 0 Å². The van der Waals surface area contributed by atoms with E-state index in [1.54, 1.807) is 7.05 Å². The Morgan fingerprint density at radius 1 is 0.745 bits per heavy atom. The highest BCUT2D eigenvalue weighted by atomic mass is 15.1. The molecule has 0 saturated carbocycles. The molecular weight excluding hydrogens is 623 g/mol. The standard InChI is InChI=1S/C46H35N5/c1-48-46(47)34-19-23-38(24-20-34)50(37-21-17-33(18-22-37)32-11-5-2-6-12-32)39-25-27-44-42(31-39)40-26-28-43-41(29-30-49(43)35-13-7-3-8-14-35)45(40)51(44)36-15-9-4-10-16-36/h4-5,7,9-31H,2,6H2,1H3,(H2,47,48). The fraction of sp³-hybridized carbons (Fsp3) is 0.0652. The molecule has 51 heavy (non-hydrogen) atoms. The summed E-state index contributed by atoms with van der Waals surface area (Å²) >= 11 is 0. The van der Waals surface area contributed by atoms with E-state index in [4.69, 9.17) is 5.41 Å². The zero-order valence-electron chi connectivity index (χ0n) is 28.3. The number of hydrogen-bond acceptors (Lipinski definition) is 2. The SMILES string of the molecule is CNC(=N)c1ccc(N(c2ccc(C3=CCCC=C3)cc2)c2ccc3c(c2)c2ccc4c(ccn4C4=CC=C=C=C4)c2n3-c2ccccc2)cc1. The summed E-state index contributed by atoms with van der Waals surface area (Å²) in [4.78, 5) is 2.31. The van der Waals surface area contributed by atoms with Crippen LogP contribution in [0.15, 0.2) is 169 Å². The summed E-state index contributed by atoms with van der Waals surface area (Å²) in [5, 5.41) is 14.8. The molecule has 7 aromatic rings. The summed E-state index contributed by atoms with van der Waals surface area (Å²) < 4.78 is 4.62. The zero-order valence-corrected chi connectivity index (χ0v) is 28.3. The summed E-state index contributed by atoms with van der Waals surface area (Å²) in [7, 11) is 1.78. The number of hydrogen-bond donors (Lipinski definition) is 2. The average molecular weight is 658 g/mol. The van der Waals surface area contributed by atoms with E-state index in [1.165, 1.54) is 32.8 Å². The zero-order chi connectivity index (χ0) is 34.3. The largest absolute Gasteiger partial charge is 0.373 e. The van der Waals surface area contributed by atoms with Gasteiger partial charge in [-0.1, -0.05) is 66.1 Å². The first-order chi connectivity index (χ1) is 25.2. The topological polar surface area (TPSA) is 49.0 Å². The highest BCUT2D eigenvalue weighted by Gasteiger charge is 2.20. The van der Waals surface area contributed by atoms with Crippen molar-refractivity contribution < 1.29 is 0 Å².